The average Bonchev–Trinajstić information content (AvgIpc) is 2.59. The lowest BCUT2D eigenvalue weighted by Crippen LogP contribution is -2.44. The maximum atomic E-state index is 12.6. The Hall–Kier alpha value is -2.62. The summed E-state index contributed by atoms with van der Waals surface area (Å²) in [7, 11) is 0. The summed E-state index contributed by atoms with van der Waals surface area (Å²) in [5.74, 6) is -0.959. The van der Waals surface area contributed by atoms with Crippen LogP contribution in [0.25, 0.3) is 0 Å². The van der Waals surface area contributed by atoms with Crippen LogP contribution in [0.15, 0.2) is 60.7 Å². The van der Waals surface area contributed by atoms with Crippen molar-refractivity contribution in [3.05, 3.63) is 71.8 Å². The van der Waals surface area contributed by atoms with Crippen molar-refractivity contribution in [2.45, 2.75) is 44.6 Å². The van der Waals surface area contributed by atoms with Gasteiger partial charge >= 0.3 is 5.97 Å². The zero-order valence-corrected chi connectivity index (χ0v) is 14.7. The minimum atomic E-state index is -0.853. The number of rotatable bonds is 8. The second kappa shape index (κ2) is 8.47. The fourth-order valence-electron chi connectivity index (χ4n) is 2.89. The van der Waals surface area contributed by atoms with Crippen LogP contribution in [-0.2, 0) is 9.59 Å². The fraction of sp³-hybridized carbons (Fsp3) is 0.333. The number of hydrogen-bond acceptors (Lipinski definition) is 2. The first-order valence-corrected chi connectivity index (χ1v) is 8.50. The molecular formula is C21H25NO3. The average molecular weight is 339 g/mol. The highest BCUT2D eigenvalue weighted by molar-refractivity contribution is 5.78. The molecule has 4 heteroatoms. The van der Waals surface area contributed by atoms with E-state index in [0.717, 1.165) is 11.1 Å². The zero-order chi connectivity index (χ0) is 18.3. The van der Waals surface area contributed by atoms with Crippen molar-refractivity contribution in [1.82, 2.24) is 5.32 Å². The van der Waals surface area contributed by atoms with Gasteiger partial charge in [-0.3, -0.25) is 9.59 Å². The van der Waals surface area contributed by atoms with Crippen molar-refractivity contribution in [3.63, 3.8) is 0 Å². The van der Waals surface area contributed by atoms with Gasteiger partial charge in [0, 0.05) is 24.3 Å². The molecule has 0 spiro atoms. The molecule has 4 nitrogen and oxygen atoms in total. The molecule has 0 saturated heterocycles. The number of aliphatic carboxylic acids is 1. The predicted octanol–water partition coefficient (Wildman–Crippen LogP) is 3.97. The van der Waals surface area contributed by atoms with Crippen LogP contribution in [0.5, 0.6) is 0 Å². The zero-order valence-electron chi connectivity index (χ0n) is 14.7. The van der Waals surface area contributed by atoms with Crippen LogP contribution in [0.1, 0.15) is 50.2 Å². The van der Waals surface area contributed by atoms with Gasteiger partial charge in [-0.25, -0.2) is 0 Å². The summed E-state index contributed by atoms with van der Waals surface area (Å²) < 4.78 is 0. The van der Waals surface area contributed by atoms with E-state index in [1.54, 1.807) is 0 Å². The normalized spacial score (nSPS) is 11.3. The van der Waals surface area contributed by atoms with E-state index >= 15 is 0 Å². The first kappa shape index (κ1) is 18.7. The lowest BCUT2D eigenvalue weighted by atomic mass is 9.87. The van der Waals surface area contributed by atoms with Gasteiger partial charge in [-0.15, -0.1) is 0 Å². The van der Waals surface area contributed by atoms with Gasteiger partial charge in [0.2, 0.25) is 5.91 Å². The number of amides is 1. The Morgan fingerprint density at radius 3 is 1.88 bits per heavy atom. The number of carboxylic acid groups (broad SMARTS) is 1. The number of benzene rings is 2. The van der Waals surface area contributed by atoms with Crippen LogP contribution >= 0.6 is 0 Å². The molecule has 0 bridgehead atoms. The van der Waals surface area contributed by atoms with Crippen LogP contribution in [0.2, 0.25) is 0 Å². The van der Waals surface area contributed by atoms with Crippen LogP contribution in [0.3, 0.4) is 0 Å². The van der Waals surface area contributed by atoms with Gasteiger partial charge in [0.25, 0.3) is 0 Å². The van der Waals surface area contributed by atoms with Crippen molar-refractivity contribution in [2.24, 2.45) is 0 Å². The second-order valence-corrected chi connectivity index (χ2v) is 6.90. The summed E-state index contributed by atoms with van der Waals surface area (Å²) in [6, 6.07) is 19.9. The Kier molecular flexibility index (Phi) is 6.34. The molecule has 0 aliphatic carbocycles. The minimum absolute atomic E-state index is 0.0299. The molecule has 0 unspecified atom stereocenters. The molecule has 2 aromatic carbocycles. The minimum Gasteiger partial charge on any atom is -0.481 e. The van der Waals surface area contributed by atoms with Gasteiger partial charge < -0.3 is 10.4 Å². The monoisotopic (exact) mass is 339 g/mol. The summed E-state index contributed by atoms with van der Waals surface area (Å²) in [6.07, 6.45) is 0.758. The van der Waals surface area contributed by atoms with Gasteiger partial charge in [-0.2, -0.15) is 0 Å². The molecule has 0 heterocycles. The Morgan fingerprint density at radius 2 is 1.44 bits per heavy atom. The molecule has 0 saturated carbocycles. The summed E-state index contributed by atoms with van der Waals surface area (Å²) in [6.45, 7) is 3.71. The van der Waals surface area contributed by atoms with Crippen LogP contribution in [0.4, 0.5) is 0 Å². The third-order valence-corrected chi connectivity index (χ3v) is 4.24. The number of carboxylic acids is 1. The highest BCUT2D eigenvalue weighted by Gasteiger charge is 2.24. The van der Waals surface area contributed by atoms with Crippen molar-refractivity contribution in [3.8, 4) is 0 Å². The highest BCUT2D eigenvalue weighted by atomic mass is 16.4. The van der Waals surface area contributed by atoms with E-state index in [-0.39, 0.29) is 18.2 Å². The third kappa shape index (κ3) is 6.07. The molecule has 2 aromatic rings. The molecule has 0 aromatic heterocycles. The summed E-state index contributed by atoms with van der Waals surface area (Å²) in [5.41, 5.74) is 1.63. The standard InChI is InChI=1S/C21H25NO3/c1-21(2,14-13-20(24)25)22-19(23)15-18(16-9-5-3-6-10-16)17-11-7-4-8-12-17/h3-12,18H,13-15H2,1-2H3,(H,22,23)(H,24,25). The maximum absolute atomic E-state index is 12.6. The van der Waals surface area contributed by atoms with Gasteiger partial charge in [-0.05, 0) is 31.4 Å². The summed E-state index contributed by atoms with van der Waals surface area (Å²) >= 11 is 0. The van der Waals surface area contributed by atoms with Crippen molar-refractivity contribution >= 4 is 11.9 Å². The fourth-order valence-corrected chi connectivity index (χ4v) is 2.89. The third-order valence-electron chi connectivity index (χ3n) is 4.24. The van der Waals surface area contributed by atoms with E-state index < -0.39 is 11.5 Å². The van der Waals surface area contributed by atoms with Gasteiger partial charge in [0.05, 0.1) is 0 Å². The quantitative estimate of drug-likeness (QED) is 0.765. The first-order chi connectivity index (χ1) is 11.9. The van der Waals surface area contributed by atoms with E-state index in [2.05, 4.69) is 5.32 Å². The lowest BCUT2D eigenvalue weighted by molar-refractivity contribution is -0.137. The van der Waals surface area contributed by atoms with E-state index in [9.17, 15) is 9.59 Å². The first-order valence-electron chi connectivity index (χ1n) is 8.50. The van der Waals surface area contributed by atoms with E-state index in [4.69, 9.17) is 5.11 Å². The Bertz CT molecular complexity index is 656. The molecule has 2 N–H and O–H groups in total. The smallest absolute Gasteiger partial charge is 0.303 e. The highest BCUT2D eigenvalue weighted by Crippen LogP contribution is 2.28. The Labute approximate surface area is 148 Å². The topological polar surface area (TPSA) is 66.4 Å². The molecular weight excluding hydrogens is 314 g/mol. The number of carbonyl (C=O) groups excluding carboxylic acids is 1. The molecule has 2 rings (SSSR count). The maximum Gasteiger partial charge on any atom is 0.303 e. The lowest BCUT2D eigenvalue weighted by Gasteiger charge is -2.27. The molecule has 25 heavy (non-hydrogen) atoms. The molecule has 0 aliphatic heterocycles. The van der Waals surface area contributed by atoms with E-state index in [1.807, 2.05) is 74.5 Å². The largest absolute Gasteiger partial charge is 0.481 e. The van der Waals surface area contributed by atoms with Crippen molar-refractivity contribution in [1.29, 1.82) is 0 Å². The Balaban J connectivity index is 2.12. The van der Waals surface area contributed by atoms with E-state index in [1.165, 1.54) is 0 Å². The SMILES string of the molecule is CC(C)(CCC(=O)O)NC(=O)CC(c1ccccc1)c1ccccc1. The van der Waals surface area contributed by atoms with Gasteiger partial charge in [0.15, 0.2) is 0 Å². The van der Waals surface area contributed by atoms with Gasteiger partial charge in [0.1, 0.15) is 0 Å². The molecule has 0 radical (unpaired) electrons. The molecule has 0 fully saturated rings. The number of hydrogen-bond donors (Lipinski definition) is 2. The molecule has 0 aliphatic rings. The second-order valence-electron chi connectivity index (χ2n) is 6.90. The Morgan fingerprint density at radius 1 is 0.960 bits per heavy atom. The van der Waals surface area contributed by atoms with Crippen LogP contribution in [-0.4, -0.2) is 22.5 Å². The van der Waals surface area contributed by atoms with Crippen molar-refractivity contribution in [2.75, 3.05) is 0 Å². The predicted molar refractivity (Wildman–Crippen MR) is 98.4 cm³/mol. The number of nitrogens with one attached hydrogen (secondary N) is 1. The summed E-state index contributed by atoms with van der Waals surface area (Å²) in [5, 5.41) is 11.8. The molecule has 132 valence electrons. The van der Waals surface area contributed by atoms with Crippen LogP contribution in [0, 0.1) is 0 Å². The van der Waals surface area contributed by atoms with Crippen LogP contribution < -0.4 is 5.32 Å². The van der Waals surface area contributed by atoms with E-state index in [0.29, 0.717) is 12.8 Å². The molecule has 0 atom stereocenters. The summed E-state index contributed by atoms with van der Waals surface area (Å²) in [4.78, 5) is 23.4. The van der Waals surface area contributed by atoms with Gasteiger partial charge in [-0.1, -0.05) is 60.7 Å². The van der Waals surface area contributed by atoms with Crippen molar-refractivity contribution < 1.29 is 14.7 Å². The number of carbonyl (C=O) groups is 2. The molecule has 1 amide bonds.